The molecule has 0 aliphatic rings. The van der Waals surface area contributed by atoms with Gasteiger partial charge in [0.2, 0.25) is 5.91 Å². The van der Waals surface area contributed by atoms with E-state index in [-0.39, 0.29) is 36.6 Å². The second-order valence-electron chi connectivity index (χ2n) is 3.78. The number of carbonyl (C=O) groups is 1. The van der Waals surface area contributed by atoms with Crippen LogP contribution in [0.5, 0.6) is 0 Å². The maximum atomic E-state index is 11.5. The molecule has 0 radical (unpaired) electrons. The Kier molecular flexibility index (Phi) is 18.3. The molecule has 0 saturated carbocycles. The molecule has 0 aliphatic heterocycles. The van der Waals surface area contributed by atoms with Crippen LogP contribution in [0.3, 0.4) is 0 Å². The number of halogens is 2. The minimum Gasteiger partial charge on any atom is -0.355 e. The molecule has 4 nitrogen and oxygen atoms in total. The molecule has 0 aliphatic carbocycles. The fraction of sp³-hybridized carbons (Fsp3) is 0.909. The number of hydrogen-bond donors (Lipinski definition) is 2. The van der Waals surface area contributed by atoms with Gasteiger partial charge in [-0.05, 0) is 20.1 Å². The Morgan fingerprint density at radius 2 is 1.76 bits per heavy atom. The molecule has 0 fully saturated rings. The molecule has 17 heavy (non-hydrogen) atoms. The highest BCUT2D eigenvalue weighted by atomic mass is 35.5. The van der Waals surface area contributed by atoms with Crippen LogP contribution in [-0.4, -0.2) is 50.6 Å². The van der Waals surface area contributed by atoms with Gasteiger partial charge in [0.05, 0.1) is 0 Å². The van der Waals surface area contributed by atoms with E-state index in [1.807, 2.05) is 14.0 Å². The van der Waals surface area contributed by atoms with Gasteiger partial charge in [0.25, 0.3) is 0 Å². The first-order chi connectivity index (χ1) is 7.15. The van der Waals surface area contributed by atoms with Crippen molar-refractivity contribution in [2.24, 2.45) is 5.92 Å². The fourth-order valence-corrected chi connectivity index (χ4v) is 1.45. The highest BCUT2D eigenvalue weighted by molar-refractivity contribution is 5.85. The zero-order chi connectivity index (χ0) is 11.7. The van der Waals surface area contributed by atoms with E-state index in [0.29, 0.717) is 0 Å². The molecule has 0 spiro atoms. The summed E-state index contributed by atoms with van der Waals surface area (Å²) in [5.74, 6) is 0.184. The predicted molar refractivity (Wildman–Crippen MR) is 78.4 cm³/mol. The largest absolute Gasteiger partial charge is 0.355 e. The molecule has 1 atom stereocenters. The summed E-state index contributed by atoms with van der Waals surface area (Å²) in [7, 11) is 1.86. The average Bonchev–Trinajstić information content (AvgIpc) is 2.24. The van der Waals surface area contributed by atoms with E-state index in [9.17, 15) is 4.79 Å². The first kappa shape index (κ1) is 22.2. The van der Waals surface area contributed by atoms with E-state index < -0.39 is 0 Å². The number of rotatable bonds is 8. The fourth-order valence-electron chi connectivity index (χ4n) is 1.45. The van der Waals surface area contributed by atoms with Crippen LogP contribution in [0.25, 0.3) is 0 Å². The Morgan fingerprint density at radius 3 is 2.18 bits per heavy atom. The number of nitrogens with zero attached hydrogens (tertiary/aromatic N) is 1. The van der Waals surface area contributed by atoms with E-state index in [1.165, 1.54) is 0 Å². The summed E-state index contributed by atoms with van der Waals surface area (Å²) < 4.78 is 0. The summed E-state index contributed by atoms with van der Waals surface area (Å²) in [6, 6.07) is 0. The number of carbonyl (C=O) groups excluding carboxylic acids is 1. The molecule has 2 N–H and O–H groups in total. The summed E-state index contributed by atoms with van der Waals surface area (Å²) in [5.41, 5.74) is 0. The van der Waals surface area contributed by atoms with Crippen molar-refractivity contribution in [3.8, 4) is 0 Å². The van der Waals surface area contributed by atoms with Gasteiger partial charge < -0.3 is 15.5 Å². The molecular formula is C11H27Cl2N3O. The van der Waals surface area contributed by atoms with Crippen LogP contribution in [0.4, 0.5) is 0 Å². The number of hydrogen-bond acceptors (Lipinski definition) is 3. The van der Waals surface area contributed by atoms with Crippen LogP contribution in [0.15, 0.2) is 0 Å². The summed E-state index contributed by atoms with van der Waals surface area (Å²) in [4.78, 5) is 13.8. The van der Waals surface area contributed by atoms with Gasteiger partial charge >= 0.3 is 0 Å². The molecule has 0 aromatic heterocycles. The second kappa shape index (κ2) is 14.0. The monoisotopic (exact) mass is 287 g/mol. The van der Waals surface area contributed by atoms with E-state index in [1.54, 1.807) is 0 Å². The minimum atomic E-state index is 0. The lowest BCUT2D eigenvalue weighted by Gasteiger charge is -2.19. The van der Waals surface area contributed by atoms with Crippen LogP contribution in [0.2, 0.25) is 0 Å². The maximum absolute atomic E-state index is 11.5. The molecule has 0 aromatic carbocycles. The van der Waals surface area contributed by atoms with Crippen molar-refractivity contribution < 1.29 is 4.79 Å². The Bertz CT molecular complexity index is 178. The molecule has 0 rings (SSSR count). The topological polar surface area (TPSA) is 44.4 Å². The van der Waals surface area contributed by atoms with Gasteiger partial charge in [-0.25, -0.2) is 0 Å². The zero-order valence-electron chi connectivity index (χ0n) is 11.3. The lowest BCUT2D eigenvalue weighted by Crippen LogP contribution is -2.39. The van der Waals surface area contributed by atoms with Gasteiger partial charge in [-0.3, -0.25) is 4.79 Å². The molecule has 0 aromatic rings. The summed E-state index contributed by atoms with van der Waals surface area (Å²) in [5, 5.41) is 5.94. The van der Waals surface area contributed by atoms with Crippen molar-refractivity contribution in [1.82, 2.24) is 15.5 Å². The molecule has 1 unspecified atom stereocenters. The number of nitrogens with one attached hydrogen (secondary N) is 2. The quantitative estimate of drug-likeness (QED) is 0.704. The molecule has 0 heterocycles. The zero-order valence-corrected chi connectivity index (χ0v) is 12.9. The van der Waals surface area contributed by atoms with Crippen LogP contribution < -0.4 is 10.6 Å². The maximum Gasteiger partial charge on any atom is 0.224 e. The Morgan fingerprint density at radius 1 is 1.24 bits per heavy atom. The van der Waals surface area contributed by atoms with Gasteiger partial charge in [-0.1, -0.05) is 20.8 Å². The van der Waals surface area contributed by atoms with E-state index in [0.717, 1.165) is 32.7 Å². The Balaban J connectivity index is -0.000000980. The molecule has 6 heteroatoms. The first-order valence-corrected chi connectivity index (χ1v) is 5.80. The lowest BCUT2D eigenvalue weighted by molar-refractivity contribution is -0.124. The van der Waals surface area contributed by atoms with Gasteiger partial charge in [0, 0.05) is 25.6 Å². The predicted octanol–water partition coefficient (Wildman–Crippen LogP) is 1.14. The molecule has 0 saturated heterocycles. The standard InChI is InChI=1S/C11H25N3O.2ClH/c1-5-14(6-2)8-7-13-11(15)10(3)9-12-4;;/h10,12H,5-9H2,1-4H3,(H,13,15);2*1H. The van der Waals surface area contributed by atoms with Gasteiger partial charge in [0.1, 0.15) is 0 Å². The van der Waals surface area contributed by atoms with E-state index in [4.69, 9.17) is 0 Å². The van der Waals surface area contributed by atoms with Crippen LogP contribution in [0.1, 0.15) is 20.8 Å². The molecule has 1 amide bonds. The number of amides is 1. The minimum absolute atomic E-state index is 0. The van der Waals surface area contributed by atoms with Crippen LogP contribution in [-0.2, 0) is 4.79 Å². The van der Waals surface area contributed by atoms with E-state index >= 15 is 0 Å². The van der Waals surface area contributed by atoms with Crippen molar-refractivity contribution >= 4 is 30.7 Å². The van der Waals surface area contributed by atoms with Crippen molar-refractivity contribution in [1.29, 1.82) is 0 Å². The third-order valence-electron chi connectivity index (χ3n) is 2.58. The highest BCUT2D eigenvalue weighted by Crippen LogP contribution is 1.91. The smallest absolute Gasteiger partial charge is 0.224 e. The van der Waals surface area contributed by atoms with E-state index in [2.05, 4.69) is 29.4 Å². The normalized spacial score (nSPS) is 11.4. The van der Waals surface area contributed by atoms with Crippen molar-refractivity contribution in [2.75, 3.05) is 39.8 Å². The SMILES string of the molecule is CCN(CC)CCNC(=O)C(C)CNC.Cl.Cl. The highest BCUT2D eigenvalue weighted by Gasteiger charge is 2.10. The second-order valence-corrected chi connectivity index (χ2v) is 3.78. The Labute approximate surface area is 118 Å². The van der Waals surface area contributed by atoms with Gasteiger partial charge in [-0.15, -0.1) is 24.8 Å². The van der Waals surface area contributed by atoms with Gasteiger partial charge in [0.15, 0.2) is 0 Å². The summed E-state index contributed by atoms with van der Waals surface area (Å²) in [6.45, 7) is 10.7. The van der Waals surface area contributed by atoms with Crippen molar-refractivity contribution in [2.45, 2.75) is 20.8 Å². The molecule has 106 valence electrons. The molecule has 0 bridgehead atoms. The molecular weight excluding hydrogens is 261 g/mol. The third kappa shape index (κ3) is 10.8. The first-order valence-electron chi connectivity index (χ1n) is 5.80. The van der Waals surface area contributed by atoms with Crippen molar-refractivity contribution in [3.63, 3.8) is 0 Å². The van der Waals surface area contributed by atoms with Crippen molar-refractivity contribution in [3.05, 3.63) is 0 Å². The Hall–Kier alpha value is -0.0300. The number of likely N-dealkylation sites (N-methyl/N-ethyl adjacent to an activating group) is 1. The third-order valence-corrected chi connectivity index (χ3v) is 2.58. The average molecular weight is 288 g/mol. The van der Waals surface area contributed by atoms with Crippen LogP contribution >= 0.6 is 24.8 Å². The van der Waals surface area contributed by atoms with Gasteiger partial charge in [-0.2, -0.15) is 0 Å². The summed E-state index contributed by atoms with van der Waals surface area (Å²) >= 11 is 0. The van der Waals surface area contributed by atoms with Crippen LogP contribution in [0, 0.1) is 5.92 Å². The lowest BCUT2D eigenvalue weighted by atomic mass is 10.1. The summed E-state index contributed by atoms with van der Waals surface area (Å²) in [6.07, 6.45) is 0.